The third-order valence-electron chi connectivity index (χ3n) is 4.95. The molecule has 0 fully saturated rings. The summed E-state index contributed by atoms with van der Waals surface area (Å²) in [6.45, 7) is 3.43. The van der Waals surface area contributed by atoms with Crippen LogP contribution in [-0.4, -0.2) is 27.3 Å². The van der Waals surface area contributed by atoms with Gasteiger partial charge in [0.05, 0.1) is 10.8 Å². The second-order valence-electron chi connectivity index (χ2n) is 7.30. The van der Waals surface area contributed by atoms with Crippen molar-refractivity contribution >= 4 is 39.9 Å². The van der Waals surface area contributed by atoms with Crippen molar-refractivity contribution in [1.29, 1.82) is 0 Å². The second-order valence-corrected chi connectivity index (χ2v) is 9.69. The number of halogens is 1. The molecule has 0 bridgehead atoms. The molecule has 4 rings (SSSR count). The lowest BCUT2D eigenvalue weighted by Gasteiger charge is -2.11. The van der Waals surface area contributed by atoms with Gasteiger partial charge in [0.1, 0.15) is 16.6 Å². The highest BCUT2D eigenvalue weighted by atomic mass is 32.2. The number of thiophene rings is 1. The fraction of sp³-hybridized carbons (Fsp3) is 0.333. The van der Waals surface area contributed by atoms with Gasteiger partial charge in [-0.25, -0.2) is 4.39 Å². The maximum absolute atomic E-state index is 13.0. The summed E-state index contributed by atoms with van der Waals surface area (Å²) in [4.78, 5) is 25.7. The van der Waals surface area contributed by atoms with Crippen molar-refractivity contribution in [3.8, 4) is 5.75 Å². The van der Waals surface area contributed by atoms with E-state index in [2.05, 4.69) is 15.5 Å². The van der Waals surface area contributed by atoms with Crippen molar-refractivity contribution in [2.75, 3.05) is 5.32 Å². The van der Waals surface area contributed by atoms with Crippen molar-refractivity contribution in [2.45, 2.75) is 49.7 Å². The van der Waals surface area contributed by atoms with Gasteiger partial charge in [-0.15, -0.1) is 21.5 Å². The number of primary amides is 1. The number of fused-ring (bicyclic) bond motifs is 1. The van der Waals surface area contributed by atoms with Crippen molar-refractivity contribution in [3.05, 3.63) is 52.0 Å². The van der Waals surface area contributed by atoms with Crippen LogP contribution in [0.25, 0.3) is 0 Å². The number of rotatable bonds is 8. The predicted octanol–water partition coefficient (Wildman–Crippen LogP) is 4.12. The Balaban J connectivity index is 1.38. The fourth-order valence-electron chi connectivity index (χ4n) is 3.37. The summed E-state index contributed by atoms with van der Waals surface area (Å²) in [5.41, 5.74) is 6.92. The maximum atomic E-state index is 13.0. The first-order valence-electron chi connectivity index (χ1n) is 9.99. The van der Waals surface area contributed by atoms with E-state index in [-0.39, 0.29) is 22.8 Å². The van der Waals surface area contributed by atoms with Crippen molar-refractivity contribution in [3.63, 3.8) is 0 Å². The van der Waals surface area contributed by atoms with Crippen LogP contribution < -0.4 is 15.8 Å². The lowest BCUT2D eigenvalue weighted by atomic mass is 10.1. The zero-order valence-electron chi connectivity index (χ0n) is 17.4. The van der Waals surface area contributed by atoms with Gasteiger partial charge < -0.3 is 20.2 Å². The van der Waals surface area contributed by atoms with Gasteiger partial charge >= 0.3 is 0 Å². The van der Waals surface area contributed by atoms with Crippen LogP contribution in [0.15, 0.2) is 33.9 Å². The molecule has 0 saturated carbocycles. The number of ether oxygens (including phenoxy) is 1. The van der Waals surface area contributed by atoms with Gasteiger partial charge in [0, 0.05) is 4.88 Å². The number of nitrogens with zero attached hydrogens (tertiary/aromatic N) is 2. The third-order valence-corrected chi connectivity index (χ3v) is 7.09. The van der Waals surface area contributed by atoms with Crippen LogP contribution in [0, 0.1) is 5.82 Å². The van der Waals surface area contributed by atoms with Gasteiger partial charge in [0.25, 0.3) is 17.0 Å². The largest absolute Gasteiger partial charge is 0.481 e. The predicted molar refractivity (Wildman–Crippen MR) is 119 cm³/mol. The van der Waals surface area contributed by atoms with Crippen LogP contribution in [-0.2, 0) is 17.6 Å². The van der Waals surface area contributed by atoms with E-state index < -0.39 is 17.3 Å². The van der Waals surface area contributed by atoms with E-state index in [1.807, 2.05) is 0 Å². The highest BCUT2D eigenvalue weighted by molar-refractivity contribution is 8.00. The van der Waals surface area contributed by atoms with Gasteiger partial charge in [0.15, 0.2) is 6.10 Å². The van der Waals surface area contributed by atoms with Crippen LogP contribution in [0.1, 0.15) is 53.1 Å². The molecular formula is C21H21FN4O4S2. The number of carbonyl (C=O) groups excluding carboxylic acids is 2. The molecule has 0 aliphatic heterocycles. The molecule has 0 saturated heterocycles. The number of nitrogens with one attached hydrogen (secondary N) is 1. The zero-order valence-corrected chi connectivity index (χ0v) is 19.0. The van der Waals surface area contributed by atoms with Gasteiger partial charge in [-0.2, -0.15) is 0 Å². The molecule has 3 N–H and O–H groups in total. The summed E-state index contributed by atoms with van der Waals surface area (Å²) in [6.07, 6.45) is 2.12. The first-order valence-corrected chi connectivity index (χ1v) is 11.7. The number of hydrogen-bond acceptors (Lipinski definition) is 8. The van der Waals surface area contributed by atoms with Crippen LogP contribution in [0.5, 0.6) is 5.75 Å². The third kappa shape index (κ3) is 4.78. The maximum Gasteiger partial charge on any atom is 0.277 e. The van der Waals surface area contributed by atoms with Crippen LogP contribution >= 0.6 is 23.1 Å². The minimum atomic E-state index is -0.561. The minimum Gasteiger partial charge on any atom is -0.481 e. The van der Waals surface area contributed by atoms with Gasteiger partial charge in [0.2, 0.25) is 5.91 Å². The molecule has 2 heterocycles. The first-order chi connectivity index (χ1) is 15.3. The molecule has 2 aromatic heterocycles. The van der Waals surface area contributed by atoms with Crippen molar-refractivity contribution < 1.29 is 23.1 Å². The molecule has 32 heavy (non-hydrogen) atoms. The van der Waals surface area contributed by atoms with Crippen LogP contribution in [0.2, 0.25) is 0 Å². The molecule has 0 unspecified atom stereocenters. The number of hydrogen-bond donors (Lipinski definition) is 2. The Bertz CT molecular complexity index is 1150. The lowest BCUT2D eigenvalue weighted by Crippen LogP contribution is -2.24. The summed E-state index contributed by atoms with van der Waals surface area (Å²) in [7, 11) is 0. The standard InChI is InChI=1S/C21H21FN4O4S2/c1-10(29-13-8-6-12(22)7-9-13)19-25-26-21(30-19)31-11(2)18(28)24-20-16(17(23)27)14-4-3-5-15(14)32-20/h6-11H,3-5H2,1-2H3,(H2,23,27)(H,24,28)/t10-,11+/m1/s1. The fourth-order valence-corrected chi connectivity index (χ4v) is 5.36. The van der Waals surface area contributed by atoms with Crippen molar-refractivity contribution in [1.82, 2.24) is 10.2 Å². The molecule has 2 atom stereocenters. The Morgan fingerprint density at radius 2 is 2.00 bits per heavy atom. The van der Waals surface area contributed by atoms with Crippen LogP contribution in [0.4, 0.5) is 9.39 Å². The summed E-state index contributed by atoms with van der Waals surface area (Å²) >= 11 is 2.50. The molecule has 1 aliphatic rings. The number of carbonyl (C=O) groups is 2. The van der Waals surface area contributed by atoms with E-state index in [1.165, 1.54) is 35.6 Å². The van der Waals surface area contributed by atoms with Crippen LogP contribution in [0.3, 0.4) is 0 Å². The molecule has 8 nitrogen and oxygen atoms in total. The molecule has 0 spiro atoms. The van der Waals surface area contributed by atoms with E-state index in [1.54, 1.807) is 13.8 Å². The molecular weight excluding hydrogens is 455 g/mol. The van der Waals surface area contributed by atoms with E-state index in [4.69, 9.17) is 14.9 Å². The Labute approximate surface area is 191 Å². The van der Waals surface area contributed by atoms with Gasteiger partial charge in [-0.05, 0) is 62.9 Å². The summed E-state index contributed by atoms with van der Waals surface area (Å²) < 4.78 is 24.3. The highest BCUT2D eigenvalue weighted by Crippen LogP contribution is 2.39. The number of aryl methyl sites for hydroxylation is 1. The highest BCUT2D eigenvalue weighted by Gasteiger charge is 2.28. The number of thioether (sulfide) groups is 1. The molecule has 168 valence electrons. The van der Waals surface area contributed by atoms with E-state index >= 15 is 0 Å². The molecule has 11 heteroatoms. The van der Waals surface area contributed by atoms with Gasteiger partial charge in [-0.3, -0.25) is 9.59 Å². The first kappa shape index (κ1) is 22.3. The van der Waals surface area contributed by atoms with E-state index in [0.717, 1.165) is 41.5 Å². The number of amides is 2. The molecule has 1 aliphatic carbocycles. The number of aromatic nitrogens is 2. The summed E-state index contributed by atoms with van der Waals surface area (Å²) in [6, 6.07) is 5.60. The average Bonchev–Trinajstić information content (AvgIpc) is 3.45. The molecule has 1 aromatic carbocycles. The second kappa shape index (κ2) is 9.29. The quantitative estimate of drug-likeness (QED) is 0.469. The number of nitrogens with two attached hydrogens (primary N) is 1. The topological polar surface area (TPSA) is 120 Å². The number of benzene rings is 1. The SMILES string of the molecule is C[C@H](Sc1nnc([C@@H](C)Oc2ccc(F)cc2)o1)C(=O)Nc1sc2c(c1C(N)=O)CCC2. The normalized spacial score (nSPS) is 14.6. The molecule has 3 aromatic rings. The smallest absolute Gasteiger partial charge is 0.277 e. The van der Waals surface area contributed by atoms with E-state index in [9.17, 15) is 14.0 Å². The summed E-state index contributed by atoms with van der Waals surface area (Å²) in [5, 5.41) is 10.9. The Morgan fingerprint density at radius 3 is 2.72 bits per heavy atom. The number of anilines is 1. The molecule has 0 radical (unpaired) electrons. The van der Waals surface area contributed by atoms with E-state index in [0.29, 0.717) is 16.3 Å². The van der Waals surface area contributed by atoms with Gasteiger partial charge in [-0.1, -0.05) is 11.8 Å². The summed E-state index contributed by atoms with van der Waals surface area (Å²) in [5.74, 6) is -0.490. The zero-order chi connectivity index (χ0) is 22.8. The Morgan fingerprint density at radius 1 is 1.25 bits per heavy atom. The lowest BCUT2D eigenvalue weighted by molar-refractivity contribution is -0.115. The monoisotopic (exact) mass is 476 g/mol. The average molecular weight is 477 g/mol. The van der Waals surface area contributed by atoms with Crippen molar-refractivity contribution in [2.24, 2.45) is 5.73 Å². The minimum absolute atomic E-state index is 0.209. The Hall–Kier alpha value is -2.92. The Kier molecular flexibility index (Phi) is 6.47. The molecule has 2 amide bonds.